The Morgan fingerprint density at radius 3 is 2.29 bits per heavy atom. The quantitative estimate of drug-likeness (QED) is 0.633. The van der Waals surface area contributed by atoms with Crippen molar-refractivity contribution in [3.63, 3.8) is 0 Å². The molecular formula is C11H18N2O4. The molecule has 96 valence electrons. The molecule has 0 spiro atoms. The summed E-state index contributed by atoms with van der Waals surface area (Å²) in [5.41, 5.74) is -1.26. The van der Waals surface area contributed by atoms with E-state index in [9.17, 15) is 14.4 Å². The number of hydrogen-bond donors (Lipinski definition) is 2. The van der Waals surface area contributed by atoms with Gasteiger partial charge in [0.2, 0.25) is 11.8 Å². The number of nitrogens with zero attached hydrogens (tertiary/aromatic N) is 1. The van der Waals surface area contributed by atoms with E-state index in [-0.39, 0.29) is 12.5 Å². The van der Waals surface area contributed by atoms with Gasteiger partial charge in [0.05, 0.1) is 6.54 Å². The molecule has 1 fully saturated rings. The van der Waals surface area contributed by atoms with E-state index in [1.165, 1.54) is 11.9 Å². The summed E-state index contributed by atoms with van der Waals surface area (Å²) in [6.45, 7) is 2.21. The summed E-state index contributed by atoms with van der Waals surface area (Å²) in [4.78, 5) is 35.7. The van der Waals surface area contributed by atoms with Crippen LogP contribution in [0.5, 0.6) is 0 Å². The highest BCUT2D eigenvalue weighted by Gasteiger charge is 2.58. The Bertz CT molecular complexity index is 336. The number of carboxylic acids is 1. The van der Waals surface area contributed by atoms with Gasteiger partial charge in [-0.15, -0.1) is 0 Å². The molecule has 1 saturated carbocycles. The number of rotatable bonds is 6. The Morgan fingerprint density at radius 2 is 1.94 bits per heavy atom. The van der Waals surface area contributed by atoms with Gasteiger partial charge in [-0.3, -0.25) is 14.4 Å². The van der Waals surface area contributed by atoms with E-state index in [1.54, 1.807) is 0 Å². The monoisotopic (exact) mass is 242 g/mol. The number of nitrogens with one attached hydrogen (secondary N) is 1. The molecule has 1 aliphatic carbocycles. The van der Waals surface area contributed by atoms with Crippen LogP contribution in [-0.2, 0) is 14.4 Å². The van der Waals surface area contributed by atoms with Crippen LogP contribution in [0.3, 0.4) is 0 Å². The summed E-state index contributed by atoms with van der Waals surface area (Å²) in [5.74, 6) is -1.80. The zero-order valence-electron chi connectivity index (χ0n) is 10.2. The third kappa shape index (κ3) is 2.75. The molecular weight excluding hydrogens is 224 g/mol. The number of hydrogen-bond acceptors (Lipinski definition) is 3. The minimum atomic E-state index is -1.26. The van der Waals surface area contributed by atoms with Gasteiger partial charge in [0, 0.05) is 13.6 Å². The molecule has 0 atom stereocenters. The standard InChI is InChI=1S/C11H18N2O4/c1-3-6-13(7-8(14)12-2)9(15)11(4-5-11)10(16)17/h3-7H2,1-2H3,(H,12,14)(H,16,17). The van der Waals surface area contributed by atoms with Crippen molar-refractivity contribution in [3.8, 4) is 0 Å². The number of carbonyl (C=O) groups is 3. The first-order valence-corrected chi connectivity index (χ1v) is 5.71. The largest absolute Gasteiger partial charge is 0.480 e. The van der Waals surface area contributed by atoms with Crippen LogP contribution in [0.25, 0.3) is 0 Å². The smallest absolute Gasteiger partial charge is 0.319 e. The molecule has 0 unspecified atom stereocenters. The maximum absolute atomic E-state index is 12.1. The Hall–Kier alpha value is -1.59. The molecule has 0 heterocycles. The van der Waals surface area contributed by atoms with Crippen molar-refractivity contribution in [1.82, 2.24) is 10.2 Å². The Balaban J connectivity index is 2.74. The molecule has 1 aliphatic rings. The van der Waals surface area contributed by atoms with E-state index in [2.05, 4.69) is 5.32 Å². The lowest BCUT2D eigenvalue weighted by molar-refractivity contribution is -0.154. The lowest BCUT2D eigenvalue weighted by Crippen LogP contribution is -2.45. The minimum absolute atomic E-state index is 0.0712. The van der Waals surface area contributed by atoms with Crippen molar-refractivity contribution < 1.29 is 19.5 Å². The molecule has 0 saturated heterocycles. The van der Waals surface area contributed by atoms with E-state index < -0.39 is 17.3 Å². The van der Waals surface area contributed by atoms with Crippen LogP contribution in [0.2, 0.25) is 0 Å². The summed E-state index contributed by atoms with van der Waals surface area (Å²) >= 11 is 0. The Labute approximate surface area is 100.0 Å². The van der Waals surface area contributed by atoms with Crippen molar-refractivity contribution in [3.05, 3.63) is 0 Å². The van der Waals surface area contributed by atoms with Gasteiger partial charge < -0.3 is 15.3 Å². The lowest BCUT2D eigenvalue weighted by atomic mass is 10.1. The molecule has 0 aromatic rings. The van der Waals surface area contributed by atoms with Crippen molar-refractivity contribution in [2.45, 2.75) is 26.2 Å². The Kier molecular flexibility index (Phi) is 4.09. The fourth-order valence-corrected chi connectivity index (χ4v) is 1.72. The molecule has 0 radical (unpaired) electrons. The predicted molar refractivity (Wildman–Crippen MR) is 60.2 cm³/mol. The summed E-state index contributed by atoms with van der Waals surface area (Å²) < 4.78 is 0. The highest BCUT2D eigenvalue weighted by molar-refractivity contribution is 6.05. The fraction of sp³-hybridized carbons (Fsp3) is 0.727. The fourth-order valence-electron chi connectivity index (χ4n) is 1.72. The molecule has 0 aromatic carbocycles. The zero-order valence-corrected chi connectivity index (χ0v) is 10.2. The second kappa shape index (κ2) is 5.16. The van der Waals surface area contributed by atoms with Gasteiger partial charge in [0.15, 0.2) is 0 Å². The number of likely N-dealkylation sites (N-methyl/N-ethyl adjacent to an activating group) is 1. The van der Waals surface area contributed by atoms with Crippen molar-refractivity contribution in [2.24, 2.45) is 5.41 Å². The lowest BCUT2D eigenvalue weighted by Gasteiger charge is -2.24. The third-order valence-electron chi connectivity index (χ3n) is 2.96. The van der Waals surface area contributed by atoms with E-state index >= 15 is 0 Å². The van der Waals surface area contributed by atoms with Gasteiger partial charge in [-0.2, -0.15) is 0 Å². The van der Waals surface area contributed by atoms with Crippen LogP contribution >= 0.6 is 0 Å². The van der Waals surface area contributed by atoms with Crippen molar-refractivity contribution >= 4 is 17.8 Å². The van der Waals surface area contributed by atoms with E-state index in [0.29, 0.717) is 25.8 Å². The summed E-state index contributed by atoms with van der Waals surface area (Å²) in [6, 6.07) is 0. The number of carbonyl (C=O) groups excluding carboxylic acids is 2. The normalized spacial score (nSPS) is 16.1. The topological polar surface area (TPSA) is 86.7 Å². The van der Waals surface area contributed by atoms with Crippen LogP contribution in [0.4, 0.5) is 0 Å². The van der Waals surface area contributed by atoms with Gasteiger partial charge in [0.25, 0.3) is 0 Å². The second-order valence-electron chi connectivity index (χ2n) is 4.29. The first kappa shape index (κ1) is 13.5. The van der Waals surface area contributed by atoms with Crippen LogP contribution in [0, 0.1) is 5.41 Å². The second-order valence-corrected chi connectivity index (χ2v) is 4.29. The highest BCUT2D eigenvalue weighted by atomic mass is 16.4. The summed E-state index contributed by atoms with van der Waals surface area (Å²) in [6.07, 6.45) is 1.43. The van der Waals surface area contributed by atoms with Crippen LogP contribution in [0.15, 0.2) is 0 Å². The van der Waals surface area contributed by atoms with E-state index in [1.807, 2.05) is 6.92 Å². The molecule has 2 N–H and O–H groups in total. The summed E-state index contributed by atoms with van der Waals surface area (Å²) in [5, 5.41) is 11.5. The van der Waals surface area contributed by atoms with Crippen LogP contribution in [0.1, 0.15) is 26.2 Å². The number of amides is 2. The van der Waals surface area contributed by atoms with Gasteiger partial charge in [-0.25, -0.2) is 0 Å². The first-order valence-electron chi connectivity index (χ1n) is 5.71. The van der Waals surface area contributed by atoms with Crippen molar-refractivity contribution in [1.29, 1.82) is 0 Å². The van der Waals surface area contributed by atoms with Crippen molar-refractivity contribution in [2.75, 3.05) is 20.1 Å². The average molecular weight is 242 g/mol. The highest BCUT2D eigenvalue weighted by Crippen LogP contribution is 2.47. The minimum Gasteiger partial charge on any atom is -0.480 e. The van der Waals surface area contributed by atoms with Gasteiger partial charge >= 0.3 is 5.97 Å². The number of carboxylic acid groups (broad SMARTS) is 1. The predicted octanol–water partition coefficient (Wildman–Crippen LogP) is -0.164. The van der Waals surface area contributed by atoms with E-state index in [4.69, 9.17) is 5.11 Å². The SMILES string of the molecule is CCCN(CC(=O)NC)C(=O)C1(C(=O)O)CC1. The molecule has 0 bridgehead atoms. The number of aliphatic carboxylic acids is 1. The van der Waals surface area contributed by atoms with Crippen LogP contribution < -0.4 is 5.32 Å². The van der Waals surface area contributed by atoms with Crippen LogP contribution in [-0.4, -0.2) is 47.9 Å². The zero-order chi connectivity index (χ0) is 13.1. The molecule has 6 nitrogen and oxygen atoms in total. The maximum Gasteiger partial charge on any atom is 0.319 e. The molecule has 17 heavy (non-hydrogen) atoms. The molecule has 0 aliphatic heterocycles. The Morgan fingerprint density at radius 1 is 1.35 bits per heavy atom. The third-order valence-corrected chi connectivity index (χ3v) is 2.96. The molecule has 2 amide bonds. The van der Waals surface area contributed by atoms with Gasteiger partial charge in [-0.1, -0.05) is 6.92 Å². The molecule has 6 heteroatoms. The molecule has 1 rings (SSSR count). The van der Waals surface area contributed by atoms with E-state index in [0.717, 1.165) is 0 Å². The first-order chi connectivity index (χ1) is 7.97. The maximum atomic E-state index is 12.1. The van der Waals surface area contributed by atoms with Gasteiger partial charge in [0.1, 0.15) is 5.41 Å². The van der Waals surface area contributed by atoms with Gasteiger partial charge in [-0.05, 0) is 19.3 Å². The molecule has 0 aromatic heterocycles. The summed E-state index contributed by atoms with van der Waals surface area (Å²) in [7, 11) is 1.49. The average Bonchev–Trinajstić information content (AvgIpc) is 3.08.